The van der Waals surface area contributed by atoms with Gasteiger partial charge in [-0.2, -0.15) is 0 Å². The van der Waals surface area contributed by atoms with Gasteiger partial charge in [-0.05, 0) is 31.1 Å². The summed E-state index contributed by atoms with van der Waals surface area (Å²) in [6, 6.07) is 0.00684. The number of nitrogens with one attached hydrogen (secondary N) is 1. The predicted molar refractivity (Wildman–Crippen MR) is 83.8 cm³/mol. The third kappa shape index (κ3) is 3.98. The number of rotatable bonds is 3. The molecule has 2 fully saturated rings. The summed E-state index contributed by atoms with van der Waals surface area (Å²) in [4.78, 5) is 26.8. The molecule has 0 radical (unpaired) electrons. The molecular formula is C17H30N2O2. The fourth-order valence-corrected chi connectivity index (χ4v) is 3.58. The van der Waals surface area contributed by atoms with Crippen LogP contribution in [0.4, 0.5) is 0 Å². The Morgan fingerprint density at radius 2 is 2.00 bits per heavy atom. The Labute approximate surface area is 128 Å². The fraction of sp³-hybridized carbons (Fsp3) is 0.882. The lowest BCUT2D eigenvalue weighted by Crippen LogP contribution is -2.51. The first kappa shape index (κ1) is 16.3. The quantitative estimate of drug-likeness (QED) is 0.814. The van der Waals surface area contributed by atoms with E-state index >= 15 is 0 Å². The summed E-state index contributed by atoms with van der Waals surface area (Å²) in [6.07, 6.45) is 7.21. The van der Waals surface area contributed by atoms with Crippen LogP contribution in [0.1, 0.15) is 65.7 Å². The number of carbonyl (C=O) groups excluding carboxylic acids is 2. The van der Waals surface area contributed by atoms with E-state index in [2.05, 4.69) is 26.1 Å². The highest BCUT2D eigenvalue weighted by Gasteiger charge is 2.36. The summed E-state index contributed by atoms with van der Waals surface area (Å²) in [5.41, 5.74) is 0. The van der Waals surface area contributed by atoms with Crippen LogP contribution in [0.3, 0.4) is 0 Å². The molecule has 0 aromatic heterocycles. The van der Waals surface area contributed by atoms with Crippen LogP contribution in [-0.2, 0) is 9.59 Å². The number of hydrogen-bond acceptors (Lipinski definition) is 2. The summed E-state index contributed by atoms with van der Waals surface area (Å²) in [5, 5.41) is 2.94. The summed E-state index contributed by atoms with van der Waals surface area (Å²) in [6.45, 7) is 7.03. The molecular weight excluding hydrogens is 264 g/mol. The van der Waals surface area contributed by atoms with Gasteiger partial charge in [0.25, 0.3) is 0 Å². The van der Waals surface area contributed by atoms with E-state index in [1.165, 1.54) is 19.3 Å². The Morgan fingerprint density at radius 1 is 1.24 bits per heavy atom. The van der Waals surface area contributed by atoms with Crippen LogP contribution in [0.25, 0.3) is 0 Å². The Bertz CT molecular complexity index is 383. The minimum atomic E-state index is -0.328. The Morgan fingerprint density at radius 3 is 2.71 bits per heavy atom. The highest BCUT2D eigenvalue weighted by molar-refractivity contribution is 5.90. The number of nitrogens with zero attached hydrogens (tertiary/aromatic N) is 1. The van der Waals surface area contributed by atoms with E-state index in [1.807, 2.05) is 4.90 Å². The molecule has 0 spiro atoms. The molecule has 4 atom stereocenters. The molecule has 1 aliphatic carbocycles. The van der Waals surface area contributed by atoms with Crippen molar-refractivity contribution in [3.05, 3.63) is 0 Å². The second-order valence-corrected chi connectivity index (χ2v) is 6.98. The van der Waals surface area contributed by atoms with Gasteiger partial charge in [0, 0.05) is 19.0 Å². The highest BCUT2D eigenvalue weighted by atomic mass is 16.2. The summed E-state index contributed by atoms with van der Waals surface area (Å²) in [7, 11) is 0. The van der Waals surface area contributed by atoms with Crippen molar-refractivity contribution in [3.8, 4) is 0 Å². The largest absolute Gasteiger partial charge is 0.344 e. The van der Waals surface area contributed by atoms with E-state index in [0.29, 0.717) is 19.0 Å². The van der Waals surface area contributed by atoms with Crippen molar-refractivity contribution < 1.29 is 9.59 Å². The van der Waals surface area contributed by atoms with E-state index in [9.17, 15) is 9.59 Å². The number of carbonyl (C=O) groups is 2. The maximum Gasteiger partial charge on any atom is 0.245 e. The van der Waals surface area contributed by atoms with Crippen molar-refractivity contribution >= 4 is 11.8 Å². The SMILES string of the molecule is CCC(C)C1NC(=O)CCN(C2CCCC(C)CC2)C1=O. The molecule has 21 heavy (non-hydrogen) atoms. The van der Waals surface area contributed by atoms with E-state index in [-0.39, 0.29) is 23.8 Å². The number of amides is 2. The molecule has 0 bridgehead atoms. The minimum absolute atomic E-state index is 0.0261. The molecule has 1 saturated heterocycles. The van der Waals surface area contributed by atoms with Gasteiger partial charge in [-0.3, -0.25) is 9.59 Å². The van der Waals surface area contributed by atoms with Crippen LogP contribution in [0, 0.1) is 11.8 Å². The average molecular weight is 294 g/mol. The lowest BCUT2D eigenvalue weighted by atomic mass is 9.96. The molecule has 4 nitrogen and oxygen atoms in total. The lowest BCUT2D eigenvalue weighted by Gasteiger charge is -2.33. The topological polar surface area (TPSA) is 49.4 Å². The molecule has 2 amide bonds. The molecule has 0 aromatic carbocycles. The van der Waals surface area contributed by atoms with Crippen LogP contribution in [0.15, 0.2) is 0 Å². The number of hydrogen-bond donors (Lipinski definition) is 1. The van der Waals surface area contributed by atoms with Crippen LogP contribution < -0.4 is 5.32 Å². The maximum absolute atomic E-state index is 12.9. The van der Waals surface area contributed by atoms with Crippen molar-refractivity contribution in [2.24, 2.45) is 11.8 Å². The molecule has 120 valence electrons. The minimum Gasteiger partial charge on any atom is -0.344 e. The molecule has 1 N–H and O–H groups in total. The van der Waals surface area contributed by atoms with E-state index in [1.54, 1.807) is 0 Å². The van der Waals surface area contributed by atoms with Gasteiger partial charge in [-0.25, -0.2) is 0 Å². The van der Waals surface area contributed by atoms with Gasteiger partial charge in [0.05, 0.1) is 0 Å². The molecule has 1 heterocycles. The summed E-state index contributed by atoms with van der Waals surface area (Å²) >= 11 is 0. The van der Waals surface area contributed by atoms with Crippen LogP contribution in [0.5, 0.6) is 0 Å². The molecule has 2 aliphatic rings. The Kier molecular flexibility index (Phi) is 5.65. The van der Waals surface area contributed by atoms with Gasteiger partial charge in [0.1, 0.15) is 6.04 Å². The van der Waals surface area contributed by atoms with Gasteiger partial charge in [-0.1, -0.05) is 40.0 Å². The van der Waals surface area contributed by atoms with Gasteiger partial charge in [-0.15, -0.1) is 0 Å². The van der Waals surface area contributed by atoms with Gasteiger partial charge >= 0.3 is 0 Å². The van der Waals surface area contributed by atoms with E-state index in [0.717, 1.165) is 25.2 Å². The molecule has 2 rings (SSSR count). The predicted octanol–water partition coefficient (Wildman–Crippen LogP) is 2.72. The van der Waals surface area contributed by atoms with Crippen LogP contribution in [0.2, 0.25) is 0 Å². The van der Waals surface area contributed by atoms with Crippen molar-refractivity contribution in [2.75, 3.05) is 6.54 Å². The highest BCUT2D eigenvalue weighted by Crippen LogP contribution is 2.28. The first-order chi connectivity index (χ1) is 10.0. The monoisotopic (exact) mass is 294 g/mol. The second kappa shape index (κ2) is 7.28. The maximum atomic E-state index is 12.9. The molecule has 0 aromatic rings. The smallest absolute Gasteiger partial charge is 0.245 e. The third-order valence-corrected chi connectivity index (χ3v) is 5.33. The average Bonchev–Trinajstić information content (AvgIpc) is 2.76. The van der Waals surface area contributed by atoms with Crippen molar-refractivity contribution in [1.82, 2.24) is 10.2 Å². The zero-order chi connectivity index (χ0) is 15.4. The van der Waals surface area contributed by atoms with Crippen LogP contribution in [-0.4, -0.2) is 35.3 Å². The molecule has 1 aliphatic heterocycles. The first-order valence-electron chi connectivity index (χ1n) is 8.62. The normalized spacial score (nSPS) is 33.1. The zero-order valence-corrected chi connectivity index (χ0v) is 13.7. The standard InChI is InChI=1S/C17H30N2O2/c1-4-13(3)16-17(21)19(11-10-15(20)18-16)14-7-5-6-12(2)8-9-14/h12-14,16H,4-11H2,1-3H3,(H,18,20). The van der Waals surface area contributed by atoms with Gasteiger partial charge in [0.15, 0.2) is 0 Å². The molecule has 4 heteroatoms. The third-order valence-electron chi connectivity index (χ3n) is 5.33. The van der Waals surface area contributed by atoms with E-state index < -0.39 is 0 Å². The molecule has 1 saturated carbocycles. The van der Waals surface area contributed by atoms with Gasteiger partial charge < -0.3 is 10.2 Å². The van der Waals surface area contributed by atoms with Crippen LogP contribution >= 0.6 is 0 Å². The summed E-state index contributed by atoms with van der Waals surface area (Å²) < 4.78 is 0. The first-order valence-corrected chi connectivity index (χ1v) is 8.62. The summed E-state index contributed by atoms with van der Waals surface area (Å²) in [5.74, 6) is 1.14. The van der Waals surface area contributed by atoms with Crippen molar-refractivity contribution in [2.45, 2.75) is 77.8 Å². The Balaban J connectivity index is 2.12. The lowest BCUT2D eigenvalue weighted by molar-refractivity contribution is -0.137. The Hall–Kier alpha value is -1.06. The second-order valence-electron chi connectivity index (χ2n) is 6.98. The van der Waals surface area contributed by atoms with Crippen molar-refractivity contribution in [1.29, 1.82) is 0 Å². The molecule has 4 unspecified atom stereocenters. The zero-order valence-electron chi connectivity index (χ0n) is 13.7. The van der Waals surface area contributed by atoms with Gasteiger partial charge in [0.2, 0.25) is 11.8 Å². The fourth-order valence-electron chi connectivity index (χ4n) is 3.58. The van der Waals surface area contributed by atoms with E-state index in [4.69, 9.17) is 0 Å². The van der Waals surface area contributed by atoms with Crippen molar-refractivity contribution in [3.63, 3.8) is 0 Å².